The highest BCUT2D eigenvalue weighted by Crippen LogP contribution is 2.42. The lowest BCUT2D eigenvalue weighted by Gasteiger charge is -2.29. The van der Waals surface area contributed by atoms with Gasteiger partial charge in [-0.15, -0.1) is 0 Å². The number of para-hydroxylation sites is 1. The van der Waals surface area contributed by atoms with E-state index < -0.39 is 73.7 Å². The maximum atomic E-state index is 14.8. The zero-order chi connectivity index (χ0) is 30.2. The van der Waals surface area contributed by atoms with E-state index >= 15 is 0 Å². The predicted octanol–water partition coefficient (Wildman–Crippen LogP) is 5.30. The lowest BCUT2D eigenvalue weighted by atomic mass is 9.81. The van der Waals surface area contributed by atoms with Crippen molar-refractivity contribution in [3.8, 4) is 5.75 Å². The number of nitrogens with zero attached hydrogens (tertiary/aromatic N) is 2. The molecule has 3 aliphatic rings. The van der Waals surface area contributed by atoms with Gasteiger partial charge >= 0.3 is 6.18 Å². The van der Waals surface area contributed by atoms with Crippen LogP contribution >= 0.6 is 0 Å². The summed E-state index contributed by atoms with van der Waals surface area (Å²) in [7, 11) is 0. The second-order valence-electron chi connectivity index (χ2n) is 11.1. The van der Waals surface area contributed by atoms with Crippen LogP contribution in [0, 0.1) is 17.8 Å². The average Bonchev–Trinajstić information content (AvgIpc) is 3.77. The Bertz CT molecular complexity index is 1390. The van der Waals surface area contributed by atoms with Crippen LogP contribution in [0.2, 0.25) is 0 Å². The van der Waals surface area contributed by atoms with E-state index in [-0.39, 0.29) is 29.5 Å². The zero-order valence-corrected chi connectivity index (χ0v) is 22.8. The van der Waals surface area contributed by atoms with Gasteiger partial charge in [0.15, 0.2) is 6.61 Å². The van der Waals surface area contributed by atoms with Crippen molar-refractivity contribution in [3.05, 3.63) is 59.7 Å². The molecule has 0 radical (unpaired) electrons. The summed E-state index contributed by atoms with van der Waals surface area (Å²) in [6, 6.07) is 13.2. The number of ketones is 1. The number of carbonyl (C=O) groups excluding carboxylic acids is 3. The molecule has 1 saturated carbocycles. The number of anilines is 1. The van der Waals surface area contributed by atoms with Crippen LogP contribution in [0.5, 0.6) is 5.75 Å². The fourth-order valence-electron chi connectivity index (χ4n) is 5.56. The number of hydrogen-bond donors (Lipinski definition) is 1. The first kappa shape index (κ1) is 29.7. The Morgan fingerprint density at radius 2 is 1.81 bits per heavy atom. The molecule has 2 aromatic rings. The molecule has 1 fully saturated rings. The molecule has 0 unspecified atom stereocenters. The molecule has 0 saturated heterocycles. The number of hydrogen-bond acceptors (Lipinski definition) is 5. The number of benzene rings is 2. The highest BCUT2D eigenvalue weighted by molar-refractivity contribution is 6.21. The van der Waals surface area contributed by atoms with E-state index in [1.807, 2.05) is 0 Å². The minimum absolute atomic E-state index is 0.0257. The molecule has 2 aromatic carbocycles. The zero-order valence-electron chi connectivity index (χ0n) is 22.8. The quantitative estimate of drug-likeness (QED) is 0.401. The molecule has 1 aliphatic carbocycles. The van der Waals surface area contributed by atoms with Crippen molar-refractivity contribution >= 4 is 29.0 Å². The van der Waals surface area contributed by atoms with Gasteiger partial charge in [0.05, 0.1) is 17.9 Å². The van der Waals surface area contributed by atoms with Crippen molar-refractivity contribution < 1.29 is 41.1 Å². The van der Waals surface area contributed by atoms with Gasteiger partial charge in [-0.2, -0.15) is 13.2 Å². The van der Waals surface area contributed by atoms with E-state index in [1.165, 1.54) is 13.0 Å². The van der Waals surface area contributed by atoms with Crippen LogP contribution < -0.4 is 15.0 Å². The molecule has 5 rings (SSSR count). The Hall–Kier alpha value is -3.83. The van der Waals surface area contributed by atoms with E-state index in [2.05, 4.69) is 10.3 Å². The van der Waals surface area contributed by atoms with Gasteiger partial charge in [0.2, 0.25) is 12.1 Å². The van der Waals surface area contributed by atoms with E-state index in [4.69, 9.17) is 4.74 Å². The standard InChI is InChI=1S/C30H30F5N3O4/c1-17(39)22(14-18-10-11-18)20(12-13-30(33,34)35)27(40)37-26-28(41)38-15-29(31,32)16-42-23-9-5-8-21(25(23)38)24(36-26)19-6-3-2-4-7-19/h2-9,18,20,22,26H,10-16H2,1H3,(H,37,40)/t20-,22-,26-/m1/s1. The van der Waals surface area contributed by atoms with E-state index in [0.717, 1.165) is 17.7 Å². The number of amides is 2. The topological polar surface area (TPSA) is 88.1 Å². The van der Waals surface area contributed by atoms with Crippen molar-refractivity contribution in [1.29, 1.82) is 0 Å². The van der Waals surface area contributed by atoms with Crippen molar-refractivity contribution in [3.63, 3.8) is 0 Å². The number of alkyl halides is 5. The van der Waals surface area contributed by atoms with Crippen LogP contribution in [0.25, 0.3) is 0 Å². The maximum Gasteiger partial charge on any atom is 0.389 e. The number of rotatable bonds is 9. The first-order valence-electron chi connectivity index (χ1n) is 13.8. The van der Waals surface area contributed by atoms with Crippen molar-refractivity contribution in [1.82, 2.24) is 5.32 Å². The molecule has 224 valence electrons. The molecule has 2 amide bonds. The van der Waals surface area contributed by atoms with Crippen LogP contribution in [0.4, 0.5) is 27.6 Å². The van der Waals surface area contributed by atoms with Crippen molar-refractivity contribution in [2.75, 3.05) is 18.1 Å². The summed E-state index contributed by atoms with van der Waals surface area (Å²) in [6.45, 7) is -0.807. The Labute approximate surface area is 239 Å². The third-order valence-electron chi connectivity index (χ3n) is 7.80. The van der Waals surface area contributed by atoms with Gasteiger partial charge in [0, 0.05) is 29.4 Å². The first-order chi connectivity index (χ1) is 19.8. The molecule has 3 atom stereocenters. The summed E-state index contributed by atoms with van der Waals surface area (Å²) in [5.74, 6) is -8.04. The highest BCUT2D eigenvalue weighted by atomic mass is 19.4. The van der Waals surface area contributed by atoms with Crippen LogP contribution in [0.15, 0.2) is 53.5 Å². The van der Waals surface area contributed by atoms with Gasteiger partial charge in [-0.3, -0.25) is 19.3 Å². The molecule has 0 aromatic heterocycles. The molecule has 1 N–H and O–H groups in total. The van der Waals surface area contributed by atoms with E-state index in [0.29, 0.717) is 11.1 Å². The number of nitrogens with one attached hydrogen (secondary N) is 1. The monoisotopic (exact) mass is 591 g/mol. The first-order valence-corrected chi connectivity index (χ1v) is 13.8. The van der Waals surface area contributed by atoms with Gasteiger partial charge in [-0.05, 0) is 31.7 Å². The fourth-order valence-corrected chi connectivity index (χ4v) is 5.56. The molecule has 7 nitrogen and oxygen atoms in total. The van der Waals surface area contributed by atoms with Crippen molar-refractivity contribution in [2.45, 2.75) is 57.3 Å². The second-order valence-corrected chi connectivity index (χ2v) is 11.1. The Morgan fingerprint density at radius 1 is 1.10 bits per heavy atom. The number of ether oxygens (including phenoxy) is 1. The third-order valence-corrected chi connectivity index (χ3v) is 7.80. The maximum absolute atomic E-state index is 14.8. The molecular formula is C30H30F5N3O4. The number of aliphatic imine (C=N–C) groups is 1. The Morgan fingerprint density at radius 3 is 2.45 bits per heavy atom. The SMILES string of the molecule is CC(=O)[C@@H](CC1CC1)[C@@H](CCC(F)(F)F)C(=O)N[C@H]1N=C(c2ccccc2)c2cccc3c2N(CC(F)(F)CO3)C1=O. The summed E-state index contributed by atoms with van der Waals surface area (Å²) in [5.41, 5.74) is 1.09. The van der Waals surface area contributed by atoms with E-state index in [9.17, 15) is 36.3 Å². The number of halogens is 5. The van der Waals surface area contributed by atoms with Gasteiger partial charge < -0.3 is 10.1 Å². The molecule has 2 heterocycles. The predicted molar refractivity (Wildman–Crippen MR) is 144 cm³/mol. The van der Waals surface area contributed by atoms with Gasteiger partial charge in [0.1, 0.15) is 11.5 Å². The minimum Gasteiger partial charge on any atom is -0.485 e. The molecule has 2 aliphatic heterocycles. The number of carbonyl (C=O) groups is 3. The van der Waals surface area contributed by atoms with Crippen LogP contribution in [0.1, 0.15) is 50.2 Å². The molecule has 0 bridgehead atoms. The van der Waals surface area contributed by atoms with Gasteiger partial charge in [-0.1, -0.05) is 55.3 Å². The molecule has 12 heteroatoms. The normalized spacial score (nSPS) is 21.2. The lowest BCUT2D eigenvalue weighted by Crippen LogP contribution is -2.52. The summed E-state index contributed by atoms with van der Waals surface area (Å²) in [4.78, 5) is 45.4. The highest BCUT2D eigenvalue weighted by Gasteiger charge is 2.45. The van der Waals surface area contributed by atoms with Gasteiger partial charge in [-0.25, -0.2) is 13.8 Å². The largest absolute Gasteiger partial charge is 0.485 e. The van der Waals surface area contributed by atoms with Crippen LogP contribution in [0.3, 0.4) is 0 Å². The molecule has 42 heavy (non-hydrogen) atoms. The average molecular weight is 592 g/mol. The molecule has 0 spiro atoms. The van der Waals surface area contributed by atoms with Crippen molar-refractivity contribution in [2.24, 2.45) is 22.7 Å². The molecular weight excluding hydrogens is 561 g/mol. The Kier molecular flexibility index (Phi) is 8.08. The Balaban J connectivity index is 1.56. The number of Topliss-reactive ketones (excluding diaryl/α,β-unsaturated/α-hetero) is 1. The van der Waals surface area contributed by atoms with Gasteiger partial charge in [0.25, 0.3) is 11.8 Å². The smallest absolute Gasteiger partial charge is 0.389 e. The minimum atomic E-state index is -4.58. The van der Waals surface area contributed by atoms with Crippen LogP contribution in [-0.2, 0) is 14.4 Å². The fraction of sp³-hybridized carbons (Fsp3) is 0.467. The summed E-state index contributed by atoms with van der Waals surface area (Å²) >= 11 is 0. The van der Waals surface area contributed by atoms with E-state index in [1.54, 1.807) is 42.5 Å². The second kappa shape index (κ2) is 11.4. The summed E-state index contributed by atoms with van der Waals surface area (Å²) in [5, 5.41) is 2.44. The van der Waals surface area contributed by atoms with Crippen LogP contribution in [-0.4, -0.2) is 54.7 Å². The lowest BCUT2D eigenvalue weighted by molar-refractivity contribution is -0.146. The third kappa shape index (κ3) is 6.63. The summed E-state index contributed by atoms with van der Waals surface area (Å²) < 4.78 is 74.8. The summed E-state index contributed by atoms with van der Waals surface area (Å²) in [6.07, 6.45) is -6.41.